The number of aliphatic carboxylic acids is 1. The molecular formula is C11H15N3O3S. The predicted molar refractivity (Wildman–Crippen MR) is 67.7 cm³/mol. The topological polar surface area (TPSA) is 82.5 Å². The van der Waals surface area contributed by atoms with E-state index in [4.69, 9.17) is 5.11 Å². The smallest absolute Gasteiger partial charge is 0.323 e. The summed E-state index contributed by atoms with van der Waals surface area (Å²) >= 11 is 1.36. The maximum atomic E-state index is 11.9. The zero-order chi connectivity index (χ0) is 13.3. The molecule has 98 valence electrons. The molecule has 2 N–H and O–H groups in total. The van der Waals surface area contributed by atoms with Gasteiger partial charge >= 0.3 is 12.0 Å². The average Bonchev–Trinajstić information content (AvgIpc) is 2.85. The highest BCUT2D eigenvalue weighted by Crippen LogP contribution is 2.24. The van der Waals surface area contributed by atoms with Crippen molar-refractivity contribution in [3.05, 3.63) is 11.1 Å². The molecule has 0 aliphatic carbocycles. The van der Waals surface area contributed by atoms with E-state index in [2.05, 4.69) is 10.3 Å². The van der Waals surface area contributed by atoms with Gasteiger partial charge in [0.1, 0.15) is 0 Å². The third kappa shape index (κ3) is 2.61. The zero-order valence-corrected chi connectivity index (χ0v) is 11.0. The fourth-order valence-electron chi connectivity index (χ4n) is 2.04. The number of carboxylic acid groups (broad SMARTS) is 1. The number of carbonyl (C=O) groups is 2. The summed E-state index contributed by atoms with van der Waals surface area (Å²) in [5, 5.41) is 14.1. The number of hydrogen-bond acceptors (Lipinski definition) is 4. The van der Waals surface area contributed by atoms with Crippen LogP contribution in [0.25, 0.3) is 0 Å². The summed E-state index contributed by atoms with van der Waals surface area (Å²) in [5.74, 6) is -1.34. The molecule has 0 unspecified atom stereocenters. The summed E-state index contributed by atoms with van der Waals surface area (Å²) in [6.07, 6.45) is 0. The van der Waals surface area contributed by atoms with Crippen molar-refractivity contribution in [2.24, 2.45) is 11.8 Å². The summed E-state index contributed by atoms with van der Waals surface area (Å²) < 4.78 is 0. The fraction of sp³-hybridized carbons (Fsp3) is 0.545. The van der Waals surface area contributed by atoms with Gasteiger partial charge < -0.3 is 10.0 Å². The number of likely N-dealkylation sites (tertiary alicyclic amines) is 1. The molecule has 0 aromatic carbocycles. The molecular weight excluding hydrogens is 254 g/mol. The number of rotatable bonds is 2. The van der Waals surface area contributed by atoms with Crippen molar-refractivity contribution in [3.8, 4) is 0 Å². The minimum absolute atomic E-state index is 0.0220. The van der Waals surface area contributed by atoms with Crippen molar-refractivity contribution < 1.29 is 14.7 Å². The number of aromatic nitrogens is 1. The Labute approximate surface area is 109 Å². The van der Waals surface area contributed by atoms with Crippen LogP contribution in [0.4, 0.5) is 9.93 Å². The Hall–Kier alpha value is -1.63. The molecule has 2 amide bonds. The number of hydrogen-bond donors (Lipinski definition) is 2. The van der Waals surface area contributed by atoms with Gasteiger partial charge in [-0.3, -0.25) is 10.1 Å². The maximum Gasteiger partial charge on any atom is 0.323 e. The summed E-state index contributed by atoms with van der Waals surface area (Å²) in [4.78, 5) is 28.6. The molecule has 6 nitrogen and oxygen atoms in total. The second-order valence-electron chi connectivity index (χ2n) is 4.55. The first-order valence-electron chi connectivity index (χ1n) is 5.68. The first-order chi connectivity index (χ1) is 8.47. The third-order valence-electron chi connectivity index (χ3n) is 3.05. The van der Waals surface area contributed by atoms with Crippen molar-refractivity contribution in [1.29, 1.82) is 0 Å². The first kappa shape index (κ1) is 12.8. The number of carboxylic acids is 1. The normalized spacial score (nSPS) is 23.1. The van der Waals surface area contributed by atoms with Crippen LogP contribution in [0.5, 0.6) is 0 Å². The van der Waals surface area contributed by atoms with Crippen LogP contribution >= 0.6 is 11.3 Å². The molecule has 0 spiro atoms. The lowest BCUT2D eigenvalue weighted by Gasteiger charge is -2.15. The predicted octanol–water partition coefficient (Wildman–Crippen LogP) is 1.64. The standard InChI is InChI=1S/C11H15N3O3S/c1-6-3-14(4-8(6)9(15)16)11(17)13-10-12-7(2)5-18-10/h5-6,8H,3-4H2,1-2H3,(H,15,16)(H,12,13,17)/t6-,8-/m1/s1. The van der Waals surface area contributed by atoms with E-state index in [1.165, 1.54) is 16.2 Å². The van der Waals surface area contributed by atoms with E-state index in [0.29, 0.717) is 11.7 Å². The molecule has 1 saturated heterocycles. The fourth-order valence-corrected chi connectivity index (χ4v) is 2.71. The zero-order valence-electron chi connectivity index (χ0n) is 10.2. The van der Waals surface area contributed by atoms with Crippen molar-refractivity contribution in [1.82, 2.24) is 9.88 Å². The van der Waals surface area contributed by atoms with Crippen LogP contribution in [-0.4, -0.2) is 40.1 Å². The third-order valence-corrected chi connectivity index (χ3v) is 3.93. The van der Waals surface area contributed by atoms with Gasteiger partial charge in [-0.1, -0.05) is 6.92 Å². The van der Waals surface area contributed by atoms with Crippen molar-refractivity contribution in [2.45, 2.75) is 13.8 Å². The van der Waals surface area contributed by atoms with Gasteiger partial charge in [0, 0.05) is 18.5 Å². The van der Waals surface area contributed by atoms with Gasteiger partial charge in [0.2, 0.25) is 0 Å². The highest BCUT2D eigenvalue weighted by Gasteiger charge is 2.37. The van der Waals surface area contributed by atoms with Gasteiger partial charge in [0.25, 0.3) is 0 Å². The van der Waals surface area contributed by atoms with Gasteiger partial charge in [-0.2, -0.15) is 0 Å². The minimum atomic E-state index is -0.845. The number of anilines is 1. The molecule has 1 fully saturated rings. The van der Waals surface area contributed by atoms with Crippen LogP contribution in [0.15, 0.2) is 5.38 Å². The molecule has 2 heterocycles. The Morgan fingerprint density at radius 3 is 2.78 bits per heavy atom. The van der Waals surface area contributed by atoms with Crippen molar-refractivity contribution >= 4 is 28.5 Å². The molecule has 0 saturated carbocycles. The number of urea groups is 1. The number of nitrogens with zero attached hydrogens (tertiary/aromatic N) is 2. The summed E-state index contributed by atoms with van der Waals surface area (Å²) in [5.41, 5.74) is 0.855. The quantitative estimate of drug-likeness (QED) is 0.855. The van der Waals surface area contributed by atoms with Crippen molar-refractivity contribution in [2.75, 3.05) is 18.4 Å². The molecule has 2 rings (SSSR count). The minimum Gasteiger partial charge on any atom is -0.481 e. The van der Waals surface area contributed by atoms with Crippen molar-refractivity contribution in [3.63, 3.8) is 0 Å². The van der Waals surface area contributed by atoms with Crippen LogP contribution < -0.4 is 5.32 Å². The number of nitrogens with one attached hydrogen (secondary N) is 1. The second kappa shape index (κ2) is 4.93. The van der Waals surface area contributed by atoms with E-state index >= 15 is 0 Å². The Morgan fingerprint density at radius 1 is 1.56 bits per heavy atom. The molecule has 2 atom stereocenters. The maximum absolute atomic E-state index is 11.9. The van der Waals surface area contributed by atoms with E-state index in [9.17, 15) is 9.59 Å². The molecule has 0 radical (unpaired) electrons. The van der Waals surface area contributed by atoms with E-state index in [1.54, 1.807) is 0 Å². The van der Waals surface area contributed by atoms with Crippen LogP contribution in [0.3, 0.4) is 0 Å². The lowest BCUT2D eigenvalue weighted by molar-refractivity contribution is -0.142. The average molecular weight is 269 g/mol. The molecule has 1 aromatic rings. The van der Waals surface area contributed by atoms with Crippen LogP contribution in [-0.2, 0) is 4.79 Å². The number of amides is 2. The van der Waals surface area contributed by atoms with Crippen LogP contribution in [0.2, 0.25) is 0 Å². The van der Waals surface area contributed by atoms with E-state index < -0.39 is 11.9 Å². The van der Waals surface area contributed by atoms with Gasteiger partial charge in [-0.05, 0) is 12.8 Å². The number of carbonyl (C=O) groups excluding carboxylic acids is 1. The molecule has 1 aliphatic heterocycles. The second-order valence-corrected chi connectivity index (χ2v) is 5.41. The molecule has 18 heavy (non-hydrogen) atoms. The van der Waals surface area contributed by atoms with Gasteiger partial charge in [-0.25, -0.2) is 9.78 Å². The SMILES string of the molecule is Cc1csc(NC(=O)N2C[C@@H](C)[C@H](C(=O)O)C2)n1. The Kier molecular flexibility index (Phi) is 3.51. The van der Waals surface area contributed by atoms with E-state index in [-0.39, 0.29) is 18.5 Å². The number of thiazole rings is 1. The molecule has 1 aliphatic rings. The monoisotopic (exact) mass is 269 g/mol. The van der Waals surface area contributed by atoms with E-state index in [0.717, 1.165) is 5.69 Å². The first-order valence-corrected chi connectivity index (χ1v) is 6.56. The molecule has 1 aromatic heterocycles. The van der Waals surface area contributed by atoms with Crippen LogP contribution in [0.1, 0.15) is 12.6 Å². The summed E-state index contributed by atoms with van der Waals surface area (Å²) in [7, 11) is 0. The molecule has 0 bridgehead atoms. The number of aryl methyl sites for hydroxylation is 1. The summed E-state index contributed by atoms with van der Waals surface area (Å²) in [6.45, 7) is 4.42. The highest BCUT2D eigenvalue weighted by atomic mass is 32.1. The Balaban J connectivity index is 1.97. The van der Waals surface area contributed by atoms with Gasteiger partial charge in [0.05, 0.1) is 11.6 Å². The lowest BCUT2D eigenvalue weighted by Crippen LogP contribution is -2.33. The largest absolute Gasteiger partial charge is 0.481 e. The van der Waals surface area contributed by atoms with Gasteiger partial charge in [-0.15, -0.1) is 11.3 Å². The molecule has 7 heteroatoms. The Morgan fingerprint density at radius 2 is 2.28 bits per heavy atom. The van der Waals surface area contributed by atoms with E-state index in [1.807, 2.05) is 19.2 Å². The Bertz CT molecular complexity index is 474. The summed E-state index contributed by atoms with van der Waals surface area (Å²) in [6, 6.07) is -0.278. The lowest BCUT2D eigenvalue weighted by atomic mass is 9.99. The highest BCUT2D eigenvalue weighted by molar-refractivity contribution is 7.13. The van der Waals surface area contributed by atoms with Crippen LogP contribution in [0, 0.1) is 18.8 Å². The van der Waals surface area contributed by atoms with Gasteiger partial charge in [0.15, 0.2) is 5.13 Å².